The summed E-state index contributed by atoms with van der Waals surface area (Å²) in [6, 6.07) is 10.9. The summed E-state index contributed by atoms with van der Waals surface area (Å²) in [5.41, 5.74) is 6.54. The minimum atomic E-state index is -3.67. The fourth-order valence-electron chi connectivity index (χ4n) is 1.46. The van der Waals surface area contributed by atoms with Crippen LogP contribution >= 0.6 is 27.5 Å². The monoisotopic (exact) mass is 360 g/mol. The maximum Gasteiger partial charge on any atom is 0.261 e. The largest absolute Gasteiger partial charge is 0.398 e. The maximum absolute atomic E-state index is 12.1. The van der Waals surface area contributed by atoms with Crippen molar-refractivity contribution < 1.29 is 8.42 Å². The molecule has 2 rings (SSSR count). The third-order valence-corrected chi connectivity index (χ3v) is 4.69. The van der Waals surface area contributed by atoms with Crippen molar-refractivity contribution in [2.24, 2.45) is 0 Å². The van der Waals surface area contributed by atoms with Crippen LogP contribution in [0.25, 0.3) is 0 Å². The molecule has 0 aliphatic heterocycles. The molecule has 0 radical (unpaired) electrons. The van der Waals surface area contributed by atoms with Gasteiger partial charge in [-0.1, -0.05) is 17.7 Å². The van der Waals surface area contributed by atoms with E-state index < -0.39 is 10.0 Å². The van der Waals surface area contributed by atoms with Gasteiger partial charge >= 0.3 is 0 Å². The molecule has 0 spiro atoms. The molecule has 0 heterocycles. The quantitative estimate of drug-likeness (QED) is 0.822. The van der Waals surface area contributed by atoms with Gasteiger partial charge in [-0.05, 0) is 52.3 Å². The number of nitrogen functional groups attached to an aromatic ring is 1. The molecule has 0 saturated heterocycles. The fraction of sp³-hybridized carbons (Fsp3) is 0. The molecule has 2 aromatic rings. The van der Waals surface area contributed by atoms with Gasteiger partial charge in [-0.2, -0.15) is 0 Å². The fourth-order valence-corrected chi connectivity index (χ4v) is 3.05. The molecule has 19 heavy (non-hydrogen) atoms. The average Bonchev–Trinajstić information content (AvgIpc) is 2.33. The number of hydrogen-bond acceptors (Lipinski definition) is 3. The van der Waals surface area contributed by atoms with E-state index in [2.05, 4.69) is 20.7 Å². The number of nitrogens with two attached hydrogens (primary N) is 1. The van der Waals surface area contributed by atoms with E-state index in [1.807, 2.05) is 0 Å². The van der Waals surface area contributed by atoms with Gasteiger partial charge in [-0.3, -0.25) is 4.72 Å². The van der Waals surface area contributed by atoms with Gasteiger partial charge in [0.05, 0.1) is 10.6 Å². The molecule has 7 heteroatoms. The maximum atomic E-state index is 12.1. The van der Waals surface area contributed by atoms with Crippen LogP contribution in [0.3, 0.4) is 0 Å². The number of anilines is 2. The molecule has 2 aromatic carbocycles. The van der Waals surface area contributed by atoms with Gasteiger partial charge in [-0.15, -0.1) is 0 Å². The first-order chi connectivity index (χ1) is 8.88. The van der Waals surface area contributed by atoms with E-state index in [-0.39, 0.29) is 4.90 Å². The lowest BCUT2D eigenvalue weighted by Crippen LogP contribution is -2.13. The number of halogens is 2. The second-order valence-electron chi connectivity index (χ2n) is 3.80. The zero-order chi connectivity index (χ0) is 14.0. The van der Waals surface area contributed by atoms with Crippen molar-refractivity contribution in [3.63, 3.8) is 0 Å². The Kier molecular flexibility index (Phi) is 4.03. The highest BCUT2D eigenvalue weighted by molar-refractivity contribution is 9.10. The van der Waals surface area contributed by atoms with Gasteiger partial charge in [0.25, 0.3) is 10.0 Å². The summed E-state index contributed by atoms with van der Waals surface area (Å²) in [5, 5.41) is 0.359. The zero-order valence-corrected chi connectivity index (χ0v) is 12.8. The molecule has 0 aliphatic rings. The molecule has 0 atom stereocenters. The topological polar surface area (TPSA) is 72.2 Å². The van der Waals surface area contributed by atoms with E-state index in [0.717, 1.165) is 0 Å². The molecule has 0 amide bonds. The second-order valence-corrected chi connectivity index (χ2v) is 6.77. The van der Waals surface area contributed by atoms with Crippen LogP contribution in [0.1, 0.15) is 0 Å². The standard InChI is InChI=1S/C12H10BrClN2O2S/c13-11-5-4-9(7-12(11)15)16-19(17,18)10-3-1-2-8(14)6-10/h1-7,16H,15H2. The van der Waals surface area contributed by atoms with Gasteiger partial charge in [0.2, 0.25) is 0 Å². The summed E-state index contributed by atoms with van der Waals surface area (Å²) >= 11 is 9.03. The Morgan fingerprint density at radius 2 is 1.89 bits per heavy atom. The first-order valence-electron chi connectivity index (χ1n) is 5.22. The van der Waals surface area contributed by atoms with Gasteiger partial charge < -0.3 is 5.73 Å². The van der Waals surface area contributed by atoms with Gasteiger partial charge in [0, 0.05) is 15.2 Å². The van der Waals surface area contributed by atoms with Crippen molar-refractivity contribution in [3.05, 3.63) is 52.0 Å². The second kappa shape index (κ2) is 5.40. The van der Waals surface area contributed by atoms with Crippen LogP contribution in [0.5, 0.6) is 0 Å². The summed E-state index contributed by atoms with van der Waals surface area (Å²) in [4.78, 5) is 0.0986. The first kappa shape index (κ1) is 14.2. The van der Waals surface area contributed by atoms with Crippen LogP contribution in [0.15, 0.2) is 51.8 Å². The number of rotatable bonds is 3. The number of hydrogen-bond donors (Lipinski definition) is 2. The van der Waals surface area contributed by atoms with Crippen molar-refractivity contribution in [3.8, 4) is 0 Å². The van der Waals surface area contributed by atoms with Crippen LogP contribution in [-0.4, -0.2) is 8.42 Å². The summed E-state index contributed by atoms with van der Waals surface area (Å²) in [6.45, 7) is 0. The molecule has 100 valence electrons. The summed E-state index contributed by atoms with van der Waals surface area (Å²) < 4.78 is 27.4. The molecule has 0 fully saturated rings. The Morgan fingerprint density at radius 3 is 2.53 bits per heavy atom. The highest BCUT2D eigenvalue weighted by Gasteiger charge is 2.14. The van der Waals surface area contributed by atoms with Crippen molar-refractivity contribution in [2.75, 3.05) is 10.5 Å². The highest BCUT2D eigenvalue weighted by atomic mass is 79.9. The van der Waals surface area contributed by atoms with Crippen molar-refractivity contribution >= 4 is 48.9 Å². The molecular formula is C12H10BrClN2O2S. The third-order valence-electron chi connectivity index (χ3n) is 2.35. The molecule has 0 bridgehead atoms. The molecule has 0 aromatic heterocycles. The normalized spacial score (nSPS) is 11.3. The van der Waals surface area contributed by atoms with E-state index in [9.17, 15) is 8.42 Å². The summed E-state index contributed by atoms with van der Waals surface area (Å²) in [7, 11) is -3.67. The van der Waals surface area contributed by atoms with Crippen LogP contribution in [-0.2, 0) is 10.0 Å². The molecule has 4 nitrogen and oxygen atoms in total. The Bertz CT molecular complexity index is 719. The van der Waals surface area contributed by atoms with E-state index in [1.165, 1.54) is 18.2 Å². The van der Waals surface area contributed by atoms with Gasteiger partial charge in [0.15, 0.2) is 0 Å². The zero-order valence-electron chi connectivity index (χ0n) is 9.60. The smallest absolute Gasteiger partial charge is 0.261 e. The van der Waals surface area contributed by atoms with Crippen molar-refractivity contribution in [1.82, 2.24) is 0 Å². The molecular weight excluding hydrogens is 352 g/mol. The van der Waals surface area contributed by atoms with Gasteiger partial charge in [-0.25, -0.2) is 8.42 Å². The Balaban J connectivity index is 2.33. The molecule has 0 saturated carbocycles. The lowest BCUT2D eigenvalue weighted by Gasteiger charge is -2.09. The van der Waals surface area contributed by atoms with E-state index in [0.29, 0.717) is 20.9 Å². The number of nitrogens with one attached hydrogen (secondary N) is 1. The molecule has 3 N–H and O–H groups in total. The van der Waals surface area contributed by atoms with Gasteiger partial charge in [0.1, 0.15) is 0 Å². The van der Waals surface area contributed by atoms with Crippen LogP contribution < -0.4 is 10.5 Å². The summed E-state index contributed by atoms with van der Waals surface area (Å²) in [6.07, 6.45) is 0. The number of benzene rings is 2. The average molecular weight is 362 g/mol. The Labute approximate surface area is 124 Å². The van der Waals surface area contributed by atoms with Crippen molar-refractivity contribution in [1.29, 1.82) is 0 Å². The van der Waals surface area contributed by atoms with Crippen LogP contribution in [0, 0.1) is 0 Å². The third kappa shape index (κ3) is 3.40. The lowest BCUT2D eigenvalue weighted by atomic mass is 10.3. The molecule has 0 unspecified atom stereocenters. The van der Waals surface area contributed by atoms with Crippen LogP contribution in [0.4, 0.5) is 11.4 Å². The minimum Gasteiger partial charge on any atom is -0.398 e. The predicted octanol–water partition coefficient (Wildman–Crippen LogP) is 3.49. The lowest BCUT2D eigenvalue weighted by molar-refractivity contribution is 0.601. The SMILES string of the molecule is Nc1cc(NS(=O)(=O)c2cccc(Cl)c2)ccc1Br. The first-order valence-corrected chi connectivity index (χ1v) is 7.87. The van der Waals surface area contributed by atoms with E-state index >= 15 is 0 Å². The Hall–Kier alpha value is -1.24. The van der Waals surface area contributed by atoms with E-state index in [1.54, 1.807) is 24.3 Å². The predicted molar refractivity (Wildman–Crippen MR) is 80.8 cm³/mol. The summed E-state index contributed by atoms with van der Waals surface area (Å²) in [5.74, 6) is 0. The minimum absolute atomic E-state index is 0.0986. The van der Waals surface area contributed by atoms with Crippen molar-refractivity contribution in [2.45, 2.75) is 4.90 Å². The van der Waals surface area contributed by atoms with Crippen LogP contribution in [0.2, 0.25) is 5.02 Å². The highest BCUT2D eigenvalue weighted by Crippen LogP contribution is 2.25. The number of sulfonamides is 1. The Morgan fingerprint density at radius 1 is 1.16 bits per heavy atom. The van der Waals surface area contributed by atoms with E-state index in [4.69, 9.17) is 17.3 Å². The molecule has 0 aliphatic carbocycles.